The van der Waals surface area contributed by atoms with Crippen molar-refractivity contribution in [3.8, 4) is 0 Å². The van der Waals surface area contributed by atoms with Gasteiger partial charge in [-0.3, -0.25) is 9.59 Å². The summed E-state index contributed by atoms with van der Waals surface area (Å²) in [5, 5.41) is 5.67. The zero-order chi connectivity index (χ0) is 16.0. The lowest BCUT2D eigenvalue weighted by Gasteiger charge is -2.31. The first kappa shape index (κ1) is 16.5. The minimum Gasteiger partial charge on any atom is -0.359 e. The van der Waals surface area contributed by atoms with E-state index in [4.69, 9.17) is 0 Å². The fourth-order valence-electron chi connectivity index (χ4n) is 3.10. The molecule has 0 unspecified atom stereocenters. The lowest BCUT2D eigenvalue weighted by molar-refractivity contribution is -0.123. The van der Waals surface area contributed by atoms with E-state index < -0.39 is 0 Å². The SMILES string of the molecule is CNC(=O)CCCC(=O)NC1(c2ccc(F)cc2)CCCC1. The van der Waals surface area contributed by atoms with Gasteiger partial charge in [-0.25, -0.2) is 4.39 Å². The van der Waals surface area contributed by atoms with E-state index in [1.165, 1.54) is 12.1 Å². The van der Waals surface area contributed by atoms with Crippen molar-refractivity contribution in [1.29, 1.82) is 0 Å². The highest BCUT2D eigenvalue weighted by molar-refractivity contribution is 5.79. The van der Waals surface area contributed by atoms with E-state index in [9.17, 15) is 14.0 Å². The molecule has 1 aromatic rings. The van der Waals surface area contributed by atoms with Gasteiger partial charge in [0.15, 0.2) is 0 Å². The monoisotopic (exact) mass is 306 g/mol. The van der Waals surface area contributed by atoms with Gasteiger partial charge in [-0.05, 0) is 37.0 Å². The van der Waals surface area contributed by atoms with Crippen LogP contribution in [-0.4, -0.2) is 18.9 Å². The van der Waals surface area contributed by atoms with Crippen molar-refractivity contribution in [2.24, 2.45) is 0 Å². The Morgan fingerprint density at radius 2 is 1.68 bits per heavy atom. The summed E-state index contributed by atoms with van der Waals surface area (Å²) in [6.07, 6.45) is 5.07. The molecule has 5 heteroatoms. The van der Waals surface area contributed by atoms with Gasteiger partial charge in [-0.1, -0.05) is 25.0 Å². The molecular formula is C17H23FN2O2. The third-order valence-corrected chi connectivity index (χ3v) is 4.32. The lowest BCUT2D eigenvalue weighted by atomic mass is 9.88. The quantitative estimate of drug-likeness (QED) is 0.849. The van der Waals surface area contributed by atoms with Crippen LogP contribution in [0.5, 0.6) is 0 Å². The molecule has 0 radical (unpaired) electrons. The topological polar surface area (TPSA) is 58.2 Å². The zero-order valence-corrected chi connectivity index (χ0v) is 13.0. The number of halogens is 1. The minimum absolute atomic E-state index is 0.0462. The van der Waals surface area contributed by atoms with Crippen LogP contribution in [0.25, 0.3) is 0 Å². The average molecular weight is 306 g/mol. The largest absolute Gasteiger partial charge is 0.359 e. The molecule has 1 fully saturated rings. The van der Waals surface area contributed by atoms with Gasteiger partial charge in [-0.2, -0.15) is 0 Å². The van der Waals surface area contributed by atoms with Gasteiger partial charge in [0.05, 0.1) is 5.54 Å². The third-order valence-electron chi connectivity index (χ3n) is 4.32. The Balaban J connectivity index is 1.98. The van der Waals surface area contributed by atoms with Crippen molar-refractivity contribution in [3.05, 3.63) is 35.6 Å². The number of nitrogens with one attached hydrogen (secondary N) is 2. The van der Waals surface area contributed by atoms with Crippen LogP contribution in [0.2, 0.25) is 0 Å². The summed E-state index contributed by atoms with van der Waals surface area (Å²) in [7, 11) is 1.59. The molecule has 0 aromatic heterocycles. The lowest BCUT2D eigenvalue weighted by Crippen LogP contribution is -2.43. The van der Waals surface area contributed by atoms with Crippen molar-refractivity contribution in [2.75, 3.05) is 7.05 Å². The summed E-state index contributed by atoms with van der Waals surface area (Å²) in [6.45, 7) is 0. The molecule has 1 saturated carbocycles. The second-order valence-electron chi connectivity index (χ2n) is 5.87. The first-order valence-electron chi connectivity index (χ1n) is 7.83. The predicted octanol–water partition coefficient (Wildman–Crippen LogP) is 2.63. The molecule has 4 nitrogen and oxygen atoms in total. The predicted molar refractivity (Wildman–Crippen MR) is 82.6 cm³/mol. The Morgan fingerprint density at radius 3 is 2.27 bits per heavy atom. The number of amides is 2. The van der Waals surface area contributed by atoms with Crippen LogP contribution < -0.4 is 10.6 Å². The van der Waals surface area contributed by atoms with Gasteiger partial charge in [0.2, 0.25) is 11.8 Å². The maximum Gasteiger partial charge on any atom is 0.220 e. The van der Waals surface area contributed by atoms with Crippen molar-refractivity contribution in [2.45, 2.75) is 50.5 Å². The minimum atomic E-state index is -0.377. The second-order valence-corrected chi connectivity index (χ2v) is 5.87. The second kappa shape index (κ2) is 7.38. The normalized spacial score (nSPS) is 16.3. The zero-order valence-electron chi connectivity index (χ0n) is 13.0. The summed E-state index contributed by atoms with van der Waals surface area (Å²) in [5.41, 5.74) is 0.587. The summed E-state index contributed by atoms with van der Waals surface area (Å²) in [5.74, 6) is -0.370. The van der Waals surface area contributed by atoms with Crippen LogP contribution in [0.15, 0.2) is 24.3 Å². The molecule has 1 aliphatic carbocycles. The number of hydrogen-bond donors (Lipinski definition) is 2. The molecule has 2 amide bonds. The highest BCUT2D eigenvalue weighted by Crippen LogP contribution is 2.38. The van der Waals surface area contributed by atoms with Crippen molar-refractivity contribution in [3.63, 3.8) is 0 Å². The van der Waals surface area contributed by atoms with E-state index in [0.29, 0.717) is 19.3 Å². The number of benzene rings is 1. The number of rotatable bonds is 6. The van der Waals surface area contributed by atoms with Crippen LogP contribution in [0.4, 0.5) is 4.39 Å². The van der Waals surface area contributed by atoms with Crippen LogP contribution in [-0.2, 0) is 15.1 Å². The third kappa shape index (κ3) is 4.06. The van der Waals surface area contributed by atoms with Gasteiger partial charge in [0.25, 0.3) is 0 Å². The summed E-state index contributed by atoms with van der Waals surface area (Å²) >= 11 is 0. The number of carbonyl (C=O) groups is 2. The molecule has 0 aliphatic heterocycles. The Kier molecular flexibility index (Phi) is 5.52. The molecule has 1 aromatic carbocycles. The fraction of sp³-hybridized carbons (Fsp3) is 0.529. The van der Waals surface area contributed by atoms with Gasteiger partial charge >= 0.3 is 0 Å². The highest BCUT2D eigenvalue weighted by Gasteiger charge is 2.36. The smallest absolute Gasteiger partial charge is 0.220 e. The number of hydrogen-bond acceptors (Lipinski definition) is 2. The molecule has 22 heavy (non-hydrogen) atoms. The molecule has 0 atom stereocenters. The molecule has 120 valence electrons. The average Bonchev–Trinajstić information content (AvgIpc) is 2.97. The first-order valence-corrected chi connectivity index (χ1v) is 7.83. The van der Waals surface area contributed by atoms with Crippen molar-refractivity contribution in [1.82, 2.24) is 10.6 Å². The molecule has 1 aliphatic rings. The molecule has 0 saturated heterocycles. The van der Waals surface area contributed by atoms with E-state index in [1.54, 1.807) is 19.2 Å². The maximum atomic E-state index is 13.1. The van der Waals surface area contributed by atoms with Crippen LogP contribution in [0, 0.1) is 5.82 Å². The first-order chi connectivity index (χ1) is 10.6. The van der Waals surface area contributed by atoms with Crippen LogP contribution in [0.1, 0.15) is 50.5 Å². The standard InChI is InChI=1S/C17H23FN2O2/c1-19-15(21)5-4-6-16(22)20-17(11-2-3-12-17)13-7-9-14(18)10-8-13/h7-10H,2-6,11-12H2,1H3,(H,19,21)(H,20,22). The van der Waals surface area contributed by atoms with Crippen LogP contribution >= 0.6 is 0 Å². The summed E-state index contributed by atoms with van der Waals surface area (Å²) in [4.78, 5) is 23.4. The Hall–Kier alpha value is -1.91. The van der Waals surface area contributed by atoms with Gasteiger partial charge < -0.3 is 10.6 Å². The summed E-state index contributed by atoms with van der Waals surface area (Å²) in [6, 6.07) is 6.39. The molecule has 0 bridgehead atoms. The molecule has 0 heterocycles. The van der Waals surface area contributed by atoms with E-state index in [1.807, 2.05) is 0 Å². The number of carbonyl (C=O) groups excluding carboxylic acids is 2. The van der Waals surface area contributed by atoms with E-state index in [2.05, 4.69) is 10.6 Å². The summed E-state index contributed by atoms with van der Waals surface area (Å²) < 4.78 is 13.1. The van der Waals surface area contributed by atoms with Gasteiger partial charge in [0, 0.05) is 19.9 Å². The maximum absolute atomic E-state index is 13.1. The van der Waals surface area contributed by atoms with Crippen molar-refractivity contribution >= 4 is 11.8 Å². The molecule has 2 N–H and O–H groups in total. The van der Waals surface area contributed by atoms with Gasteiger partial charge in [0.1, 0.15) is 5.82 Å². The molecule has 2 rings (SSSR count). The van der Waals surface area contributed by atoms with E-state index in [0.717, 1.165) is 31.2 Å². The van der Waals surface area contributed by atoms with Crippen molar-refractivity contribution < 1.29 is 14.0 Å². The molecule has 0 spiro atoms. The Morgan fingerprint density at radius 1 is 1.09 bits per heavy atom. The molecular weight excluding hydrogens is 283 g/mol. The van der Waals surface area contributed by atoms with E-state index >= 15 is 0 Å². The Bertz CT molecular complexity index is 522. The highest BCUT2D eigenvalue weighted by atomic mass is 19.1. The fourth-order valence-corrected chi connectivity index (χ4v) is 3.10. The van der Waals surface area contributed by atoms with Crippen LogP contribution in [0.3, 0.4) is 0 Å². The Labute approximate surface area is 130 Å². The van der Waals surface area contributed by atoms with E-state index in [-0.39, 0.29) is 23.2 Å². The van der Waals surface area contributed by atoms with Gasteiger partial charge in [-0.15, -0.1) is 0 Å².